The summed E-state index contributed by atoms with van der Waals surface area (Å²) in [7, 11) is 0. The number of aliphatic imine (C=N–C) groups is 1. The number of halogens is 2. The zero-order chi connectivity index (χ0) is 16.8. The number of rotatable bonds is 5. The van der Waals surface area contributed by atoms with Gasteiger partial charge in [0.05, 0.1) is 10.9 Å². The van der Waals surface area contributed by atoms with E-state index in [-0.39, 0.29) is 24.0 Å². The molecule has 9 heteroatoms. The Kier molecular flexibility index (Phi) is 8.47. The lowest BCUT2D eigenvalue weighted by Gasteiger charge is -2.36. The van der Waals surface area contributed by atoms with Crippen molar-refractivity contribution in [2.45, 2.75) is 20.0 Å². The van der Waals surface area contributed by atoms with Gasteiger partial charge in [0.2, 0.25) is 0 Å². The second-order valence-electron chi connectivity index (χ2n) is 5.63. The van der Waals surface area contributed by atoms with Gasteiger partial charge < -0.3 is 14.7 Å². The second kappa shape index (κ2) is 10.3. The number of hydrogen-bond acceptors (Lipinski definition) is 5. The van der Waals surface area contributed by atoms with Crippen molar-refractivity contribution in [2.75, 3.05) is 32.7 Å². The summed E-state index contributed by atoms with van der Waals surface area (Å²) in [6.07, 6.45) is 1.58. The van der Waals surface area contributed by atoms with Crippen molar-refractivity contribution in [3.63, 3.8) is 0 Å². The highest BCUT2D eigenvalue weighted by molar-refractivity contribution is 14.0. The first-order valence-electron chi connectivity index (χ1n) is 8.13. The summed E-state index contributed by atoms with van der Waals surface area (Å²) in [5.74, 6) is 0.944. The fraction of sp³-hybridized carbons (Fsp3) is 0.500. The van der Waals surface area contributed by atoms with Crippen molar-refractivity contribution in [3.05, 3.63) is 39.4 Å². The first kappa shape index (κ1) is 20.5. The minimum atomic E-state index is 0. The average molecular weight is 496 g/mol. The predicted octanol–water partition coefficient (Wildman–Crippen LogP) is 3.29. The summed E-state index contributed by atoms with van der Waals surface area (Å²) < 4.78 is 5.72. The maximum absolute atomic E-state index is 6.01. The molecule has 1 N–H and O–H groups in total. The van der Waals surface area contributed by atoms with Crippen LogP contribution in [0.4, 0.5) is 0 Å². The van der Waals surface area contributed by atoms with Crippen molar-refractivity contribution in [2.24, 2.45) is 4.99 Å². The van der Waals surface area contributed by atoms with E-state index >= 15 is 0 Å². The van der Waals surface area contributed by atoms with E-state index in [2.05, 4.69) is 38.3 Å². The third-order valence-electron chi connectivity index (χ3n) is 3.90. The molecule has 2 aromatic heterocycles. The van der Waals surface area contributed by atoms with Crippen molar-refractivity contribution in [3.8, 4) is 0 Å². The molecule has 0 radical (unpaired) electrons. The molecular weight excluding hydrogens is 473 g/mol. The average Bonchev–Trinajstić information content (AvgIpc) is 3.24. The number of aromatic nitrogens is 1. The minimum Gasteiger partial charge on any atom is -0.364 e. The van der Waals surface area contributed by atoms with E-state index in [1.165, 1.54) is 4.88 Å². The van der Waals surface area contributed by atoms with Crippen LogP contribution in [0.5, 0.6) is 0 Å². The van der Waals surface area contributed by atoms with Crippen molar-refractivity contribution in [1.82, 2.24) is 20.3 Å². The molecule has 0 spiro atoms. The van der Waals surface area contributed by atoms with Crippen LogP contribution in [0.25, 0.3) is 0 Å². The molecule has 0 aliphatic carbocycles. The zero-order valence-corrected chi connectivity index (χ0v) is 18.1. The van der Waals surface area contributed by atoms with Gasteiger partial charge in [-0.2, -0.15) is 0 Å². The highest BCUT2D eigenvalue weighted by Gasteiger charge is 2.20. The maximum Gasteiger partial charge on any atom is 0.194 e. The summed E-state index contributed by atoms with van der Waals surface area (Å²) >= 11 is 7.67. The molecule has 6 nitrogen and oxygen atoms in total. The zero-order valence-electron chi connectivity index (χ0n) is 14.2. The SMILES string of the molecule is CCNC(=NCc1ccon1)N1CCN(Cc2ccc(Cl)s2)CC1.I. The van der Waals surface area contributed by atoms with Gasteiger partial charge in [0, 0.05) is 50.2 Å². The molecule has 0 amide bonds. The molecule has 1 aliphatic heterocycles. The molecule has 0 unspecified atom stereocenters. The molecule has 0 saturated carbocycles. The smallest absolute Gasteiger partial charge is 0.194 e. The lowest BCUT2D eigenvalue weighted by Crippen LogP contribution is -2.52. The summed E-state index contributed by atoms with van der Waals surface area (Å²) in [6.45, 7) is 8.40. The third kappa shape index (κ3) is 6.12. The molecule has 25 heavy (non-hydrogen) atoms. The number of nitrogens with one attached hydrogen (secondary N) is 1. The van der Waals surface area contributed by atoms with Gasteiger partial charge in [-0.25, -0.2) is 4.99 Å². The second-order valence-corrected chi connectivity index (χ2v) is 7.43. The fourth-order valence-electron chi connectivity index (χ4n) is 2.68. The van der Waals surface area contributed by atoms with Crippen LogP contribution < -0.4 is 5.32 Å². The van der Waals surface area contributed by atoms with Crippen molar-refractivity contribution >= 4 is 52.9 Å². The van der Waals surface area contributed by atoms with Gasteiger partial charge in [-0.1, -0.05) is 16.8 Å². The Morgan fingerprint density at radius 3 is 2.72 bits per heavy atom. The normalized spacial score (nSPS) is 15.9. The van der Waals surface area contributed by atoms with Crippen LogP contribution in [-0.2, 0) is 13.1 Å². The number of nitrogens with zero attached hydrogens (tertiary/aromatic N) is 4. The molecule has 0 atom stereocenters. The van der Waals surface area contributed by atoms with Gasteiger partial charge in [0.15, 0.2) is 5.96 Å². The van der Waals surface area contributed by atoms with E-state index in [1.54, 1.807) is 17.6 Å². The Labute approximate surface area is 174 Å². The van der Waals surface area contributed by atoms with Crippen molar-refractivity contribution < 1.29 is 4.52 Å². The maximum atomic E-state index is 6.01. The van der Waals surface area contributed by atoms with Gasteiger partial charge in [0.1, 0.15) is 12.0 Å². The van der Waals surface area contributed by atoms with Gasteiger partial charge in [0.25, 0.3) is 0 Å². The van der Waals surface area contributed by atoms with Crippen LogP contribution in [0.1, 0.15) is 17.5 Å². The van der Waals surface area contributed by atoms with Crippen molar-refractivity contribution in [1.29, 1.82) is 0 Å². The monoisotopic (exact) mass is 495 g/mol. The van der Waals surface area contributed by atoms with E-state index < -0.39 is 0 Å². The van der Waals surface area contributed by atoms with Gasteiger partial charge in [-0.3, -0.25) is 4.90 Å². The van der Waals surface area contributed by atoms with E-state index in [9.17, 15) is 0 Å². The molecule has 0 bridgehead atoms. The minimum absolute atomic E-state index is 0. The van der Waals surface area contributed by atoms with Gasteiger partial charge in [-0.15, -0.1) is 35.3 Å². The Bertz CT molecular complexity index is 655. The van der Waals surface area contributed by atoms with Crippen LogP contribution in [0.2, 0.25) is 4.34 Å². The first-order chi connectivity index (χ1) is 11.7. The number of guanidine groups is 1. The van der Waals surface area contributed by atoms with E-state index in [0.717, 1.165) is 55.3 Å². The third-order valence-corrected chi connectivity index (χ3v) is 5.11. The van der Waals surface area contributed by atoms with Crippen LogP contribution in [-0.4, -0.2) is 53.6 Å². The number of piperazine rings is 1. The quantitative estimate of drug-likeness (QED) is 0.392. The van der Waals surface area contributed by atoms with Crippen LogP contribution in [0, 0.1) is 0 Å². The topological polar surface area (TPSA) is 56.9 Å². The fourth-order valence-corrected chi connectivity index (χ4v) is 3.81. The Hall–Kier alpha value is -0.840. The van der Waals surface area contributed by atoms with E-state index in [0.29, 0.717) is 6.54 Å². The number of thiophene rings is 1. The van der Waals surface area contributed by atoms with Crippen LogP contribution in [0.15, 0.2) is 34.0 Å². The molecule has 3 rings (SSSR count). The molecule has 1 aliphatic rings. The molecular formula is C16H23ClIN5OS. The Morgan fingerprint density at radius 1 is 1.32 bits per heavy atom. The van der Waals surface area contributed by atoms with Gasteiger partial charge >= 0.3 is 0 Å². The molecule has 0 aromatic carbocycles. The van der Waals surface area contributed by atoms with Gasteiger partial charge in [-0.05, 0) is 19.1 Å². The first-order valence-corrected chi connectivity index (χ1v) is 9.33. The lowest BCUT2D eigenvalue weighted by atomic mass is 10.3. The lowest BCUT2D eigenvalue weighted by molar-refractivity contribution is 0.173. The Balaban J connectivity index is 0.00000225. The number of hydrogen-bond donors (Lipinski definition) is 1. The molecule has 3 heterocycles. The summed E-state index contributed by atoms with van der Waals surface area (Å²) in [5.41, 5.74) is 0.846. The predicted molar refractivity (Wildman–Crippen MR) is 113 cm³/mol. The van der Waals surface area contributed by atoms with Crippen LogP contribution >= 0.6 is 46.9 Å². The van der Waals surface area contributed by atoms with E-state index in [4.69, 9.17) is 16.1 Å². The highest BCUT2D eigenvalue weighted by Crippen LogP contribution is 2.23. The molecule has 138 valence electrons. The van der Waals surface area contributed by atoms with E-state index in [1.807, 2.05) is 12.1 Å². The standard InChI is InChI=1S/C16H22ClN5OS.HI/c1-2-18-16(19-11-13-5-10-23-20-13)22-8-6-21(7-9-22)12-14-3-4-15(17)24-14;/h3-5,10H,2,6-9,11-12H2,1H3,(H,18,19);1H. The largest absolute Gasteiger partial charge is 0.364 e. The molecule has 1 fully saturated rings. The summed E-state index contributed by atoms with van der Waals surface area (Å²) in [6, 6.07) is 5.93. The summed E-state index contributed by atoms with van der Waals surface area (Å²) in [4.78, 5) is 10.8. The molecule has 1 saturated heterocycles. The highest BCUT2D eigenvalue weighted by atomic mass is 127. The molecule has 2 aromatic rings. The van der Waals surface area contributed by atoms with Crippen LogP contribution in [0.3, 0.4) is 0 Å². The summed E-state index contributed by atoms with van der Waals surface area (Å²) in [5, 5.41) is 7.27. The Morgan fingerprint density at radius 2 is 2.12 bits per heavy atom.